The van der Waals surface area contributed by atoms with Gasteiger partial charge in [0.2, 0.25) is 5.69 Å². The zero-order chi connectivity index (χ0) is 21.0. The van der Waals surface area contributed by atoms with Crippen LogP contribution in [0, 0.1) is 25.5 Å². The number of fused-ring (bicyclic) bond motifs is 3. The molecule has 3 heterocycles. The van der Waals surface area contributed by atoms with Gasteiger partial charge < -0.3 is 4.42 Å². The molecule has 0 N–H and O–H groups in total. The maximum absolute atomic E-state index is 14.5. The average molecular weight is 401 g/mol. The smallest absolute Gasteiger partial charge is 0.217 e. The molecule has 0 bridgehead atoms. The van der Waals surface area contributed by atoms with E-state index in [2.05, 4.69) is 4.98 Å². The average Bonchev–Trinajstić information content (AvgIpc) is 3.08. The second kappa shape index (κ2) is 6.73. The quantitative estimate of drug-likeness (QED) is 0.338. The second-order valence-electron chi connectivity index (χ2n) is 7.63. The Morgan fingerprint density at radius 2 is 1.80 bits per heavy atom. The Morgan fingerprint density at radius 3 is 2.57 bits per heavy atom. The van der Waals surface area contributed by atoms with Gasteiger partial charge in [-0.1, -0.05) is 18.2 Å². The molecule has 0 radical (unpaired) electrons. The molecule has 0 aliphatic rings. The van der Waals surface area contributed by atoms with E-state index >= 15 is 0 Å². The summed E-state index contributed by atoms with van der Waals surface area (Å²) in [6.07, 6.45) is 3.80. The van der Waals surface area contributed by atoms with Crippen LogP contribution in [-0.2, 0) is 7.05 Å². The summed E-state index contributed by atoms with van der Waals surface area (Å²) in [7, 11) is 1.95. The van der Waals surface area contributed by atoms with Crippen molar-refractivity contribution in [2.24, 2.45) is 7.05 Å². The number of rotatable bonds is 2. The molecule has 0 unspecified atom stereocenters. The van der Waals surface area contributed by atoms with Crippen molar-refractivity contribution in [3.63, 3.8) is 0 Å². The Hall–Kier alpha value is -3.60. The van der Waals surface area contributed by atoms with E-state index in [0.29, 0.717) is 16.4 Å². The monoisotopic (exact) mass is 401 g/mol. The van der Waals surface area contributed by atoms with E-state index in [9.17, 15) is 8.78 Å². The van der Waals surface area contributed by atoms with E-state index < -0.39 is 11.6 Å². The number of halogens is 2. The standard InChI is InChI=1S/C25H19F2N2O/c1-14-4-7-20(28-13-14)16-8-9-29(3)21(10-16)23-15(2)5-6-18-24-19(27)11-17(26)12-22(24)30-25(18)23/h4-13H,1-3H3/q+1. The van der Waals surface area contributed by atoms with Gasteiger partial charge in [-0.25, -0.2) is 13.3 Å². The first kappa shape index (κ1) is 18.4. The van der Waals surface area contributed by atoms with Crippen molar-refractivity contribution in [2.75, 3.05) is 0 Å². The number of nitrogens with zero attached hydrogens (tertiary/aromatic N) is 2. The molecule has 5 rings (SSSR count). The van der Waals surface area contributed by atoms with E-state index in [1.165, 1.54) is 6.07 Å². The normalized spacial score (nSPS) is 11.5. The number of aryl methyl sites for hydroxylation is 3. The van der Waals surface area contributed by atoms with Crippen LogP contribution in [0.15, 0.2) is 65.3 Å². The van der Waals surface area contributed by atoms with E-state index in [4.69, 9.17) is 4.42 Å². The lowest BCUT2D eigenvalue weighted by Crippen LogP contribution is -2.30. The van der Waals surface area contributed by atoms with Crippen molar-refractivity contribution in [1.29, 1.82) is 0 Å². The van der Waals surface area contributed by atoms with Crippen LogP contribution in [-0.4, -0.2) is 4.98 Å². The van der Waals surface area contributed by atoms with E-state index in [1.54, 1.807) is 0 Å². The molecule has 0 fully saturated rings. The second-order valence-corrected chi connectivity index (χ2v) is 7.63. The lowest BCUT2D eigenvalue weighted by atomic mass is 9.99. The number of hydrogen-bond acceptors (Lipinski definition) is 2. The largest absolute Gasteiger partial charge is 0.455 e. The van der Waals surface area contributed by atoms with Crippen molar-refractivity contribution in [3.05, 3.63) is 83.7 Å². The Labute approximate surface area is 172 Å². The van der Waals surface area contributed by atoms with Gasteiger partial charge in [-0.05, 0) is 31.0 Å². The zero-order valence-electron chi connectivity index (χ0n) is 16.8. The fraction of sp³-hybridized carbons (Fsp3) is 0.120. The molecule has 30 heavy (non-hydrogen) atoms. The van der Waals surface area contributed by atoms with Crippen LogP contribution in [0.3, 0.4) is 0 Å². The molecular formula is C25H19F2N2O+. The highest BCUT2D eigenvalue weighted by Gasteiger charge is 2.23. The molecule has 0 saturated carbocycles. The predicted molar refractivity (Wildman–Crippen MR) is 113 cm³/mol. The summed E-state index contributed by atoms with van der Waals surface area (Å²) in [4.78, 5) is 4.53. The van der Waals surface area contributed by atoms with Gasteiger partial charge in [-0.2, -0.15) is 0 Å². The number of hydrogen-bond donors (Lipinski definition) is 0. The van der Waals surface area contributed by atoms with Gasteiger partial charge in [0.1, 0.15) is 29.8 Å². The highest BCUT2D eigenvalue weighted by Crippen LogP contribution is 2.38. The first-order valence-electron chi connectivity index (χ1n) is 9.66. The molecule has 0 atom stereocenters. The van der Waals surface area contributed by atoms with Gasteiger partial charge >= 0.3 is 0 Å². The molecule has 0 amide bonds. The number of pyridine rings is 2. The Bertz CT molecular complexity index is 1440. The molecule has 0 spiro atoms. The van der Waals surface area contributed by atoms with Crippen molar-refractivity contribution in [1.82, 2.24) is 4.98 Å². The van der Waals surface area contributed by atoms with E-state index in [1.807, 2.05) is 74.3 Å². The van der Waals surface area contributed by atoms with Gasteiger partial charge in [-0.3, -0.25) is 4.98 Å². The van der Waals surface area contributed by atoms with Crippen LogP contribution in [0.2, 0.25) is 0 Å². The highest BCUT2D eigenvalue weighted by molar-refractivity contribution is 6.10. The molecular weight excluding hydrogens is 382 g/mol. The SMILES string of the molecule is Cc1ccc(-c2cc[n+](C)c(-c3c(C)ccc4c3oc3cc(F)cc(F)c34)c2)nc1. The summed E-state index contributed by atoms with van der Waals surface area (Å²) < 4.78 is 36.3. The fourth-order valence-corrected chi connectivity index (χ4v) is 3.92. The molecule has 0 aliphatic heterocycles. The maximum atomic E-state index is 14.5. The van der Waals surface area contributed by atoms with Crippen molar-refractivity contribution in [2.45, 2.75) is 13.8 Å². The van der Waals surface area contributed by atoms with Gasteiger partial charge in [0.25, 0.3) is 0 Å². The maximum Gasteiger partial charge on any atom is 0.217 e. The third-order valence-corrected chi connectivity index (χ3v) is 5.48. The van der Waals surface area contributed by atoms with Gasteiger partial charge in [0.05, 0.1) is 16.6 Å². The van der Waals surface area contributed by atoms with Crippen molar-refractivity contribution in [3.8, 4) is 22.5 Å². The minimum absolute atomic E-state index is 0.202. The Balaban J connectivity index is 1.81. The summed E-state index contributed by atoms with van der Waals surface area (Å²) in [5, 5.41) is 0.925. The number of furan rings is 1. The summed E-state index contributed by atoms with van der Waals surface area (Å²) in [5.74, 6) is -1.28. The minimum Gasteiger partial charge on any atom is -0.455 e. The van der Waals surface area contributed by atoms with Crippen LogP contribution in [0.5, 0.6) is 0 Å². The molecule has 3 aromatic heterocycles. The Kier molecular flexibility index (Phi) is 4.13. The van der Waals surface area contributed by atoms with Gasteiger partial charge in [-0.15, -0.1) is 0 Å². The van der Waals surface area contributed by atoms with Crippen molar-refractivity contribution < 1.29 is 17.8 Å². The van der Waals surface area contributed by atoms with E-state index in [0.717, 1.165) is 39.7 Å². The first-order valence-corrected chi connectivity index (χ1v) is 9.66. The zero-order valence-corrected chi connectivity index (χ0v) is 16.8. The van der Waals surface area contributed by atoms with E-state index in [-0.39, 0.29) is 5.58 Å². The van der Waals surface area contributed by atoms with Crippen LogP contribution in [0.1, 0.15) is 11.1 Å². The first-order chi connectivity index (χ1) is 14.4. The van der Waals surface area contributed by atoms with Crippen LogP contribution < -0.4 is 4.57 Å². The van der Waals surface area contributed by atoms with Gasteiger partial charge in [0.15, 0.2) is 6.20 Å². The molecule has 148 valence electrons. The molecule has 3 nitrogen and oxygen atoms in total. The summed E-state index contributed by atoms with van der Waals surface area (Å²) in [6, 6.07) is 13.9. The van der Waals surface area contributed by atoms with Crippen LogP contribution in [0.4, 0.5) is 8.78 Å². The fourth-order valence-electron chi connectivity index (χ4n) is 3.92. The lowest BCUT2D eigenvalue weighted by molar-refractivity contribution is -0.660. The lowest BCUT2D eigenvalue weighted by Gasteiger charge is -2.08. The van der Waals surface area contributed by atoms with Gasteiger partial charge in [0, 0.05) is 41.4 Å². The predicted octanol–water partition coefficient (Wildman–Crippen LogP) is 6.03. The minimum atomic E-state index is -0.657. The van der Waals surface area contributed by atoms with Crippen LogP contribution >= 0.6 is 0 Å². The molecule has 2 aromatic carbocycles. The third-order valence-electron chi connectivity index (χ3n) is 5.48. The number of benzene rings is 2. The third kappa shape index (κ3) is 2.86. The highest BCUT2D eigenvalue weighted by atomic mass is 19.1. The molecule has 0 aliphatic carbocycles. The molecule has 0 saturated heterocycles. The molecule has 5 aromatic rings. The summed E-state index contributed by atoms with van der Waals surface area (Å²) in [5.41, 5.74) is 6.40. The number of aromatic nitrogens is 2. The van der Waals surface area contributed by atoms with Crippen LogP contribution in [0.25, 0.3) is 44.5 Å². The topological polar surface area (TPSA) is 29.9 Å². The van der Waals surface area contributed by atoms with Crippen molar-refractivity contribution >= 4 is 21.9 Å². The Morgan fingerprint density at radius 1 is 0.967 bits per heavy atom. The summed E-state index contributed by atoms with van der Waals surface area (Å²) in [6.45, 7) is 3.98. The summed E-state index contributed by atoms with van der Waals surface area (Å²) >= 11 is 0. The molecule has 5 heteroatoms.